The van der Waals surface area contributed by atoms with Gasteiger partial charge in [-0.05, 0) is 30.0 Å². The van der Waals surface area contributed by atoms with Gasteiger partial charge in [-0.2, -0.15) is 5.10 Å². The second-order valence-electron chi connectivity index (χ2n) is 4.75. The van der Waals surface area contributed by atoms with E-state index in [0.717, 1.165) is 18.5 Å². The van der Waals surface area contributed by atoms with Crippen LogP contribution in [0, 0.1) is 0 Å². The first-order valence-electron chi connectivity index (χ1n) is 6.08. The fourth-order valence-corrected chi connectivity index (χ4v) is 2.88. The smallest absolute Gasteiger partial charge is 0.0554 e. The molecule has 3 nitrogen and oxygen atoms in total. The third-order valence-electron chi connectivity index (χ3n) is 3.81. The zero-order valence-electron chi connectivity index (χ0n) is 10.0. The van der Waals surface area contributed by atoms with Crippen molar-refractivity contribution in [2.75, 3.05) is 0 Å². The second kappa shape index (κ2) is 4.00. The van der Waals surface area contributed by atoms with Gasteiger partial charge in [-0.25, -0.2) is 0 Å². The van der Waals surface area contributed by atoms with Crippen LogP contribution in [-0.2, 0) is 13.5 Å². The Hall–Kier alpha value is -1.61. The van der Waals surface area contributed by atoms with Gasteiger partial charge >= 0.3 is 0 Å². The van der Waals surface area contributed by atoms with E-state index >= 15 is 0 Å². The predicted octanol–water partition coefficient (Wildman–Crippen LogP) is 2.15. The first-order valence-corrected chi connectivity index (χ1v) is 6.08. The molecule has 3 rings (SSSR count). The van der Waals surface area contributed by atoms with Crippen LogP contribution in [0.1, 0.15) is 35.2 Å². The molecule has 1 aromatic heterocycles. The van der Waals surface area contributed by atoms with Gasteiger partial charge in [0.15, 0.2) is 0 Å². The number of hydrogen-bond acceptors (Lipinski definition) is 2. The molecule has 0 saturated heterocycles. The van der Waals surface area contributed by atoms with Crippen LogP contribution in [0.4, 0.5) is 0 Å². The summed E-state index contributed by atoms with van der Waals surface area (Å²) < 4.78 is 1.88. The number of nitrogens with two attached hydrogens (primary N) is 1. The number of benzene rings is 1. The van der Waals surface area contributed by atoms with Gasteiger partial charge in [-0.1, -0.05) is 24.3 Å². The molecule has 0 radical (unpaired) electrons. The molecule has 88 valence electrons. The molecule has 2 aromatic rings. The summed E-state index contributed by atoms with van der Waals surface area (Å²) in [6.45, 7) is 0. The monoisotopic (exact) mass is 227 g/mol. The molecule has 0 aliphatic heterocycles. The standard InChI is InChI=1S/C14H17N3/c1-17-13(8-9-16-17)14(15)12-7-6-10-4-2-3-5-11(10)12/h2-5,8-9,12,14H,6-7,15H2,1H3. The molecule has 1 aliphatic carbocycles. The number of aryl methyl sites for hydroxylation is 2. The van der Waals surface area contributed by atoms with Crippen LogP contribution < -0.4 is 5.73 Å². The minimum absolute atomic E-state index is 0.0474. The topological polar surface area (TPSA) is 43.8 Å². The van der Waals surface area contributed by atoms with E-state index in [1.54, 1.807) is 0 Å². The summed E-state index contributed by atoms with van der Waals surface area (Å²) in [7, 11) is 1.95. The van der Waals surface area contributed by atoms with Gasteiger partial charge in [-0.3, -0.25) is 4.68 Å². The van der Waals surface area contributed by atoms with Crippen molar-refractivity contribution in [3.05, 3.63) is 53.3 Å². The van der Waals surface area contributed by atoms with E-state index in [2.05, 4.69) is 29.4 Å². The van der Waals surface area contributed by atoms with Gasteiger partial charge in [0.1, 0.15) is 0 Å². The van der Waals surface area contributed by atoms with E-state index in [1.807, 2.05) is 24.0 Å². The molecule has 1 heterocycles. The van der Waals surface area contributed by atoms with Crippen LogP contribution in [0.5, 0.6) is 0 Å². The SMILES string of the molecule is Cn1nccc1C(N)C1CCc2ccccc21. The highest BCUT2D eigenvalue weighted by atomic mass is 15.3. The van der Waals surface area contributed by atoms with Crippen molar-refractivity contribution in [1.29, 1.82) is 0 Å². The molecule has 0 bridgehead atoms. The van der Waals surface area contributed by atoms with Crippen LogP contribution in [0.3, 0.4) is 0 Å². The lowest BCUT2D eigenvalue weighted by atomic mass is 9.92. The number of rotatable bonds is 2. The van der Waals surface area contributed by atoms with Crippen molar-refractivity contribution in [2.45, 2.75) is 24.8 Å². The third kappa shape index (κ3) is 1.67. The van der Waals surface area contributed by atoms with Crippen LogP contribution in [-0.4, -0.2) is 9.78 Å². The summed E-state index contributed by atoms with van der Waals surface area (Å²) >= 11 is 0. The van der Waals surface area contributed by atoms with Crippen LogP contribution in [0.25, 0.3) is 0 Å². The summed E-state index contributed by atoms with van der Waals surface area (Å²) in [5.74, 6) is 0.432. The maximum atomic E-state index is 6.40. The van der Waals surface area contributed by atoms with E-state index in [0.29, 0.717) is 5.92 Å². The first-order chi connectivity index (χ1) is 8.27. The van der Waals surface area contributed by atoms with Gasteiger partial charge in [0.05, 0.1) is 11.7 Å². The lowest BCUT2D eigenvalue weighted by Crippen LogP contribution is -2.21. The minimum Gasteiger partial charge on any atom is -0.322 e. The van der Waals surface area contributed by atoms with Gasteiger partial charge in [0.25, 0.3) is 0 Å². The van der Waals surface area contributed by atoms with Crippen LogP contribution >= 0.6 is 0 Å². The number of fused-ring (bicyclic) bond motifs is 1. The summed E-state index contributed by atoms with van der Waals surface area (Å²) in [4.78, 5) is 0. The summed E-state index contributed by atoms with van der Waals surface area (Å²) in [6, 6.07) is 10.7. The molecule has 2 N–H and O–H groups in total. The Labute approximate surface area is 101 Å². The van der Waals surface area contributed by atoms with Crippen molar-refractivity contribution in [1.82, 2.24) is 9.78 Å². The Morgan fingerprint density at radius 2 is 2.18 bits per heavy atom. The van der Waals surface area contributed by atoms with Gasteiger partial charge in [0.2, 0.25) is 0 Å². The van der Waals surface area contributed by atoms with E-state index < -0.39 is 0 Å². The Kier molecular flexibility index (Phi) is 2.48. The molecule has 3 heteroatoms. The van der Waals surface area contributed by atoms with E-state index in [4.69, 9.17) is 5.73 Å². The highest BCUT2D eigenvalue weighted by Gasteiger charge is 2.29. The molecule has 0 amide bonds. The van der Waals surface area contributed by atoms with Crippen molar-refractivity contribution in [3.63, 3.8) is 0 Å². The molecule has 1 aliphatic rings. The van der Waals surface area contributed by atoms with Crippen LogP contribution in [0.15, 0.2) is 36.5 Å². The average molecular weight is 227 g/mol. The van der Waals surface area contributed by atoms with Crippen molar-refractivity contribution in [3.8, 4) is 0 Å². The molecule has 0 spiro atoms. The summed E-state index contributed by atoms with van der Waals surface area (Å²) in [5.41, 5.74) is 10.4. The highest BCUT2D eigenvalue weighted by molar-refractivity contribution is 5.37. The fraction of sp³-hybridized carbons (Fsp3) is 0.357. The highest BCUT2D eigenvalue weighted by Crippen LogP contribution is 2.39. The number of nitrogens with zero attached hydrogens (tertiary/aromatic N) is 2. The van der Waals surface area contributed by atoms with E-state index in [-0.39, 0.29) is 6.04 Å². The molecular weight excluding hydrogens is 210 g/mol. The van der Waals surface area contributed by atoms with Crippen molar-refractivity contribution in [2.24, 2.45) is 12.8 Å². The Morgan fingerprint density at radius 3 is 2.94 bits per heavy atom. The summed E-state index contributed by atoms with van der Waals surface area (Å²) in [5, 5.41) is 4.20. The molecule has 2 atom stereocenters. The number of hydrogen-bond donors (Lipinski definition) is 1. The number of aromatic nitrogens is 2. The maximum Gasteiger partial charge on any atom is 0.0554 e. The van der Waals surface area contributed by atoms with Crippen molar-refractivity contribution < 1.29 is 0 Å². The van der Waals surface area contributed by atoms with E-state index in [1.165, 1.54) is 11.1 Å². The molecule has 0 saturated carbocycles. The second-order valence-corrected chi connectivity index (χ2v) is 4.75. The van der Waals surface area contributed by atoms with Crippen molar-refractivity contribution >= 4 is 0 Å². The molecular formula is C14H17N3. The Bertz CT molecular complexity index is 530. The van der Waals surface area contributed by atoms with Gasteiger partial charge in [-0.15, -0.1) is 0 Å². The zero-order valence-corrected chi connectivity index (χ0v) is 10.0. The molecule has 17 heavy (non-hydrogen) atoms. The molecule has 1 aromatic carbocycles. The van der Waals surface area contributed by atoms with Gasteiger partial charge in [0, 0.05) is 19.2 Å². The normalized spacial score (nSPS) is 20.2. The van der Waals surface area contributed by atoms with Crippen LogP contribution in [0.2, 0.25) is 0 Å². The largest absolute Gasteiger partial charge is 0.322 e. The molecule has 2 unspecified atom stereocenters. The quantitative estimate of drug-likeness (QED) is 0.854. The zero-order chi connectivity index (χ0) is 11.8. The molecule has 0 fully saturated rings. The Balaban J connectivity index is 1.95. The lowest BCUT2D eigenvalue weighted by molar-refractivity contribution is 0.512. The lowest BCUT2D eigenvalue weighted by Gasteiger charge is -2.20. The average Bonchev–Trinajstić information content (AvgIpc) is 2.94. The Morgan fingerprint density at radius 1 is 1.35 bits per heavy atom. The third-order valence-corrected chi connectivity index (χ3v) is 3.81. The van der Waals surface area contributed by atoms with E-state index in [9.17, 15) is 0 Å². The minimum atomic E-state index is 0.0474. The maximum absolute atomic E-state index is 6.40. The van der Waals surface area contributed by atoms with Gasteiger partial charge < -0.3 is 5.73 Å². The first kappa shape index (κ1) is 10.5. The fourth-order valence-electron chi connectivity index (χ4n) is 2.88. The summed E-state index contributed by atoms with van der Waals surface area (Å²) in [6.07, 6.45) is 4.11. The predicted molar refractivity (Wildman–Crippen MR) is 67.6 cm³/mol.